The van der Waals surface area contributed by atoms with Gasteiger partial charge in [-0.05, 0) is 98.3 Å². The standard InChI is InChI=1S/C35H50N2O6S/c1-23-9-8-10-25(19-23)29-28(15-17-34(2,3)4)44-31(32(39)40)30(29)37(22-38)20-24-11-13-26(14-12-24)42-27-16-18-36(21-27)33(41)43-35(5,6)7/h20,22-27H,8-14,16,18-19,21H2,1-7H3/p+1. The van der Waals surface area contributed by atoms with E-state index in [0.29, 0.717) is 24.7 Å². The topological polar surface area (TPSA) is 96.1 Å². The minimum atomic E-state index is -1.02. The van der Waals surface area contributed by atoms with Gasteiger partial charge in [-0.2, -0.15) is 0 Å². The molecule has 2 aliphatic carbocycles. The first kappa shape index (κ1) is 34.2. The first-order valence-electron chi connectivity index (χ1n) is 16.3. The minimum Gasteiger partial charge on any atom is -0.477 e. The average Bonchev–Trinajstić information content (AvgIpc) is 3.55. The van der Waals surface area contributed by atoms with Crippen LogP contribution in [0.2, 0.25) is 0 Å². The van der Waals surface area contributed by atoms with Crippen LogP contribution in [-0.4, -0.2) is 70.2 Å². The summed E-state index contributed by atoms with van der Waals surface area (Å²) in [6, 6.07) is 0. The maximum absolute atomic E-state index is 12.6. The minimum absolute atomic E-state index is 0.00322. The first-order chi connectivity index (χ1) is 20.6. The monoisotopic (exact) mass is 627 g/mol. The lowest BCUT2D eigenvalue weighted by molar-refractivity contribution is -0.347. The van der Waals surface area contributed by atoms with Crippen molar-refractivity contribution in [3.8, 4) is 11.8 Å². The van der Waals surface area contributed by atoms with Crippen LogP contribution in [0.15, 0.2) is 0 Å². The summed E-state index contributed by atoms with van der Waals surface area (Å²) in [6.07, 6.45) is 10.9. The largest absolute Gasteiger partial charge is 0.477 e. The Balaban J connectivity index is 1.51. The molecule has 1 saturated heterocycles. The molecule has 4 rings (SSSR count). The molecule has 3 unspecified atom stereocenters. The van der Waals surface area contributed by atoms with E-state index in [1.54, 1.807) is 9.48 Å². The maximum Gasteiger partial charge on any atom is 0.410 e. The number of hydrogen-bond donors (Lipinski definition) is 1. The lowest BCUT2D eigenvalue weighted by Gasteiger charge is -2.29. The molecule has 2 saturated carbocycles. The quantitative estimate of drug-likeness (QED) is 0.145. The van der Waals surface area contributed by atoms with Crippen molar-refractivity contribution < 1.29 is 33.5 Å². The van der Waals surface area contributed by atoms with Crippen LogP contribution in [0.25, 0.3) is 0 Å². The number of ether oxygens (including phenoxy) is 2. The van der Waals surface area contributed by atoms with Gasteiger partial charge in [0.15, 0.2) is 11.1 Å². The van der Waals surface area contributed by atoms with Crippen LogP contribution in [0.5, 0.6) is 0 Å². The molecule has 1 aromatic rings. The van der Waals surface area contributed by atoms with Gasteiger partial charge >= 0.3 is 18.5 Å². The summed E-state index contributed by atoms with van der Waals surface area (Å²) in [4.78, 5) is 40.3. The molecule has 3 atom stereocenters. The molecule has 1 N–H and O–H groups in total. The van der Waals surface area contributed by atoms with Crippen LogP contribution < -0.4 is 0 Å². The van der Waals surface area contributed by atoms with Crippen molar-refractivity contribution >= 4 is 41.7 Å². The lowest BCUT2D eigenvalue weighted by Crippen LogP contribution is -2.36. The second-order valence-corrected chi connectivity index (χ2v) is 16.0. The lowest BCUT2D eigenvalue weighted by atomic mass is 9.78. The Morgan fingerprint density at radius 3 is 2.32 bits per heavy atom. The van der Waals surface area contributed by atoms with Crippen molar-refractivity contribution in [1.82, 2.24) is 4.90 Å². The van der Waals surface area contributed by atoms with E-state index in [9.17, 15) is 19.5 Å². The Labute approximate surface area is 267 Å². The summed E-state index contributed by atoms with van der Waals surface area (Å²) >= 11 is 1.21. The van der Waals surface area contributed by atoms with E-state index in [2.05, 4.69) is 18.8 Å². The van der Waals surface area contributed by atoms with Crippen molar-refractivity contribution in [3.05, 3.63) is 15.3 Å². The van der Waals surface area contributed by atoms with Crippen molar-refractivity contribution in [2.24, 2.45) is 17.3 Å². The summed E-state index contributed by atoms with van der Waals surface area (Å²) in [7, 11) is 0. The number of carboxylic acids is 1. The zero-order valence-corrected chi connectivity index (χ0v) is 28.4. The fourth-order valence-corrected chi connectivity index (χ4v) is 7.69. The van der Waals surface area contributed by atoms with Crippen molar-refractivity contribution in [2.75, 3.05) is 13.1 Å². The number of aromatic carboxylic acids is 1. The van der Waals surface area contributed by atoms with E-state index in [1.807, 2.05) is 47.8 Å². The average molecular weight is 628 g/mol. The summed E-state index contributed by atoms with van der Waals surface area (Å²) < 4.78 is 13.5. The van der Waals surface area contributed by atoms with Gasteiger partial charge in [0.05, 0.1) is 29.2 Å². The molecule has 9 heteroatoms. The molecule has 1 aliphatic heterocycles. The van der Waals surface area contributed by atoms with Gasteiger partial charge in [-0.1, -0.05) is 31.6 Å². The molecular weight excluding hydrogens is 576 g/mol. The van der Waals surface area contributed by atoms with E-state index in [-0.39, 0.29) is 40.4 Å². The van der Waals surface area contributed by atoms with Crippen LogP contribution in [0.3, 0.4) is 0 Å². The first-order valence-corrected chi connectivity index (χ1v) is 17.1. The van der Waals surface area contributed by atoms with Crippen molar-refractivity contribution in [2.45, 2.75) is 130 Å². The van der Waals surface area contributed by atoms with Gasteiger partial charge in [0.2, 0.25) is 5.69 Å². The fourth-order valence-electron chi connectivity index (χ4n) is 6.62. The molecule has 242 valence electrons. The number of amides is 2. The fraction of sp³-hybridized carbons (Fsp3) is 0.714. The summed E-state index contributed by atoms with van der Waals surface area (Å²) in [6.45, 7) is 15.2. The van der Waals surface area contributed by atoms with E-state index in [0.717, 1.165) is 68.2 Å². The number of carbonyl (C=O) groups is 3. The van der Waals surface area contributed by atoms with Crippen LogP contribution in [0.1, 0.15) is 132 Å². The Morgan fingerprint density at radius 1 is 1.02 bits per heavy atom. The molecule has 8 nitrogen and oxygen atoms in total. The molecule has 2 amide bonds. The summed E-state index contributed by atoms with van der Waals surface area (Å²) in [5.74, 6) is 6.46. The maximum atomic E-state index is 12.6. The molecule has 44 heavy (non-hydrogen) atoms. The highest BCUT2D eigenvalue weighted by molar-refractivity contribution is 7.15. The molecule has 2 heterocycles. The molecule has 3 fully saturated rings. The van der Waals surface area contributed by atoms with Crippen LogP contribution >= 0.6 is 11.3 Å². The second-order valence-electron chi connectivity index (χ2n) is 15.0. The summed E-state index contributed by atoms with van der Waals surface area (Å²) in [5.41, 5.74) is 0.702. The third kappa shape index (κ3) is 9.17. The molecule has 1 aromatic heterocycles. The Hall–Kier alpha value is -2.70. The van der Waals surface area contributed by atoms with Gasteiger partial charge in [-0.15, -0.1) is 15.9 Å². The Kier molecular flexibility index (Phi) is 11.0. The zero-order valence-electron chi connectivity index (χ0n) is 27.6. The number of hydrogen-bond acceptors (Lipinski definition) is 6. The Morgan fingerprint density at radius 2 is 1.73 bits per heavy atom. The van der Waals surface area contributed by atoms with Crippen molar-refractivity contribution in [3.63, 3.8) is 0 Å². The number of carbonyl (C=O) groups excluding carboxylic acids is 2. The molecule has 3 aliphatic rings. The predicted octanol–water partition coefficient (Wildman–Crippen LogP) is 7.59. The van der Waals surface area contributed by atoms with Crippen LogP contribution in [0.4, 0.5) is 10.5 Å². The zero-order chi connectivity index (χ0) is 32.2. The molecule has 0 bridgehead atoms. The van der Waals surface area contributed by atoms with Crippen LogP contribution in [0, 0.1) is 29.1 Å². The highest BCUT2D eigenvalue weighted by Gasteiger charge is 2.38. The molecule has 0 aromatic carbocycles. The third-order valence-electron chi connectivity index (χ3n) is 8.65. The highest BCUT2D eigenvalue weighted by Crippen LogP contribution is 2.46. The number of carboxylic acid groups (broad SMARTS) is 1. The molecule has 0 radical (unpaired) electrons. The van der Waals surface area contributed by atoms with Gasteiger partial charge < -0.3 is 19.5 Å². The van der Waals surface area contributed by atoms with E-state index < -0.39 is 11.6 Å². The van der Waals surface area contributed by atoms with Crippen LogP contribution in [-0.2, 0) is 14.3 Å². The Bertz CT molecular complexity index is 1300. The third-order valence-corrected chi connectivity index (χ3v) is 9.75. The second kappa shape index (κ2) is 14.2. The summed E-state index contributed by atoms with van der Waals surface area (Å²) in [5, 5.41) is 10.3. The number of nitrogens with zero attached hydrogens (tertiary/aromatic N) is 2. The molecule has 0 spiro atoms. The van der Waals surface area contributed by atoms with E-state index >= 15 is 0 Å². The number of likely N-dealkylation sites (tertiary alicyclic amines) is 1. The highest BCUT2D eigenvalue weighted by atomic mass is 32.1. The smallest absolute Gasteiger partial charge is 0.410 e. The normalized spacial score (nSPS) is 26.6. The molecular formula is C35H51N2O6S+. The van der Waals surface area contributed by atoms with E-state index in [1.165, 1.54) is 17.8 Å². The van der Waals surface area contributed by atoms with E-state index in [4.69, 9.17) is 9.47 Å². The van der Waals surface area contributed by atoms with Gasteiger partial charge in [-0.25, -0.2) is 14.4 Å². The predicted molar refractivity (Wildman–Crippen MR) is 173 cm³/mol. The van der Waals surface area contributed by atoms with Crippen molar-refractivity contribution in [1.29, 1.82) is 0 Å². The van der Waals surface area contributed by atoms with Gasteiger partial charge in [-0.3, -0.25) is 0 Å². The van der Waals surface area contributed by atoms with Gasteiger partial charge in [0, 0.05) is 17.9 Å². The SMILES string of the molecule is CC1CCCC(c2c(C#CC(C)(C)C)sc(C(=O)O)c2[N+](C=O)=CC2CCC(OC3CCN(C(=O)OC(C)(C)C)C3)CC2)C1. The van der Waals surface area contributed by atoms with Gasteiger partial charge in [0.1, 0.15) is 5.60 Å². The van der Waals surface area contributed by atoms with Gasteiger partial charge in [0.25, 0.3) is 0 Å². The number of rotatable bonds is 7. The number of thiophene rings is 1.